The summed E-state index contributed by atoms with van der Waals surface area (Å²) in [4.78, 5) is 2.31. The largest absolute Gasteiger partial charge is 0.497 e. The Hall–Kier alpha value is -1.10. The predicted octanol–water partition coefficient (Wildman–Crippen LogP) is 1.75. The van der Waals surface area contributed by atoms with Gasteiger partial charge < -0.3 is 19.7 Å². The lowest BCUT2D eigenvalue weighted by atomic mass is 10.2. The molecule has 1 aromatic rings. The van der Waals surface area contributed by atoms with E-state index < -0.39 is 0 Å². The molecule has 0 atom stereocenters. The third-order valence-corrected chi connectivity index (χ3v) is 2.98. The van der Waals surface area contributed by atoms with Gasteiger partial charge in [-0.2, -0.15) is 0 Å². The highest BCUT2D eigenvalue weighted by Gasteiger charge is 2.00. The molecule has 1 N–H and O–H groups in total. The molecule has 19 heavy (non-hydrogen) atoms. The second kappa shape index (κ2) is 9.78. The fourth-order valence-corrected chi connectivity index (χ4v) is 1.86. The first-order valence-electron chi connectivity index (χ1n) is 6.77. The molecule has 4 heteroatoms. The standard InChI is InChI=1S/C15H26N2O2/c1-17(11-10-16-9-4-12-18-2)13-14-5-7-15(19-3)8-6-14/h5-8,16H,4,9-13H2,1-3H3. The molecule has 0 saturated heterocycles. The highest BCUT2D eigenvalue weighted by molar-refractivity contribution is 5.26. The van der Waals surface area contributed by atoms with Crippen molar-refractivity contribution in [1.82, 2.24) is 10.2 Å². The number of nitrogens with zero attached hydrogens (tertiary/aromatic N) is 1. The number of likely N-dealkylation sites (N-methyl/N-ethyl adjacent to an activating group) is 1. The van der Waals surface area contributed by atoms with Crippen molar-refractivity contribution >= 4 is 0 Å². The van der Waals surface area contributed by atoms with Crippen LogP contribution in [-0.2, 0) is 11.3 Å². The smallest absolute Gasteiger partial charge is 0.118 e. The van der Waals surface area contributed by atoms with Gasteiger partial charge in [0, 0.05) is 33.4 Å². The molecule has 1 aromatic carbocycles. The van der Waals surface area contributed by atoms with E-state index in [0.29, 0.717) is 0 Å². The maximum atomic E-state index is 5.15. The molecule has 4 nitrogen and oxygen atoms in total. The Morgan fingerprint density at radius 1 is 1.11 bits per heavy atom. The Morgan fingerprint density at radius 3 is 2.47 bits per heavy atom. The highest BCUT2D eigenvalue weighted by atomic mass is 16.5. The Morgan fingerprint density at radius 2 is 1.84 bits per heavy atom. The lowest BCUT2D eigenvalue weighted by Crippen LogP contribution is -2.29. The van der Waals surface area contributed by atoms with Crippen molar-refractivity contribution < 1.29 is 9.47 Å². The van der Waals surface area contributed by atoms with E-state index in [1.54, 1.807) is 14.2 Å². The highest BCUT2D eigenvalue weighted by Crippen LogP contribution is 2.12. The zero-order valence-corrected chi connectivity index (χ0v) is 12.3. The van der Waals surface area contributed by atoms with Crippen LogP contribution in [0.4, 0.5) is 0 Å². The van der Waals surface area contributed by atoms with Crippen LogP contribution in [0.3, 0.4) is 0 Å². The van der Waals surface area contributed by atoms with E-state index in [1.807, 2.05) is 12.1 Å². The zero-order chi connectivity index (χ0) is 13.9. The molecule has 0 amide bonds. The van der Waals surface area contributed by atoms with Crippen LogP contribution in [0.15, 0.2) is 24.3 Å². The summed E-state index contributed by atoms with van der Waals surface area (Å²) in [6.07, 6.45) is 1.07. The maximum Gasteiger partial charge on any atom is 0.118 e. The normalized spacial score (nSPS) is 10.9. The topological polar surface area (TPSA) is 33.7 Å². The predicted molar refractivity (Wildman–Crippen MR) is 78.7 cm³/mol. The molecule has 0 unspecified atom stereocenters. The van der Waals surface area contributed by atoms with Gasteiger partial charge in [-0.05, 0) is 37.7 Å². The van der Waals surface area contributed by atoms with Crippen LogP contribution in [-0.4, -0.2) is 52.4 Å². The first kappa shape index (κ1) is 16.0. The van der Waals surface area contributed by atoms with Crippen molar-refractivity contribution in [2.75, 3.05) is 47.5 Å². The minimum absolute atomic E-state index is 0.828. The van der Waals surface area contributed by atoms with E-state index in [9.17, 15) is 0 Å². The zero-order valence-electron chi connectivity index (χ0n) is 12.3. The summed E-state index contributed by atoms with van der Waals surface area (Å²) in [5.74, 6) is 0.909. The van der Waals surface area contributed by atoms with Crippen LogP contribution in [0.5, 0.6) is 5.75 Å². The lowest BCUT2D eigenvalue weighted by molar-refractivity contribution is 0.194. The average Bonchev–Trinajstić information content (AvgIpc) is 2.43. The molecular weight excluding hydrogens is 240 g/mol. The van der Waals surface area contributed by atoms with E-state index in [1.165, 1.54) is 5.56 Å². The van der Waals surface area contributed by atoms with Gasteiger partial charge in [-0.1, -0.05) is 12.1 Å². The van der Waals surface area contributed by atoms with Gasteiger partial charge in [0.1, 0.15) is 5.75 Å². The van der Waals surface area contributed by atoms with Crippen molar-refractivity contribution in [3.63, 3.8) is 0 Å². The van der Waals surface area contributed by atoms with Crippen molar-refractivity contribution in [1.29, 1.82) is 0 Å². The first-order chi connectivity index (χ1) is 9.26. The van der Waals surface area contributed by atoms with Crippen molar-refractivity contribution in [3.05, 3.63) is 29.8 Å². The Labute approximate surface area is 116 Å². The number of hydrogen-bond donors (Lipinski definition) is 1. The van der Waals surface area contributed by atoms with E-state index in [2.05, 4.69) is 29.4 Å². The van der Waals surface area contributed by atoms with Crippen molar-refractivity contribution in [2.24, 2.45) is 0 Å². The third kappa shape index (κ3) is 7.15. The quantitative estimate of drug-likeness (QED) is 0.654. The molecule has 0 fully saturated rings. The van der Waals surface area contributed by atoms with E-state index in [4.69, 9.17) is 9.47 Å². The molecule has 1 rings (SSSR count). The molecular formula is C15H26N2O2. The van der Waals surface area contributed by atoms with Crippen LogP contribution in [0.25, 0.3) is 0 Å². The summed E-state index contributed by atoms with van der Waals surface area (Å²) in [6, 6.07) is 8.24. The second-order valence-electron chi connectivity index (χ2n) is 4.68. The molecule has 0 aliphatic heterocycles. The number of ether oxygens (including phenoxy) is 2. The van der Waals surface area contributed by atoms with Gasteiger partial charge in [-0.3, -0.25) is 0 Å². The third-order valence-electron chi connectivity index (χ3n) is 2.98. The van der Waals surface area contributed by atoms with Gasteiger partial charge in [-0.25, -0.2) is 0 Å². The molecule has 108 valence electrons. The molecule has 0 aromatic heterocycles. The van der Waals surface area contributed by atoms with Gasteiger partial charge in [0.25, 0.3) is 0 Å². The molecule has 0 saturated carbocycles. The number of benzene rings is 1. The summed E-state index contributed by atoms with van der Waals surface area (Å²) in [7, 11) is 5.57. The Balaban J connectivity index is 2.14. The summed E-state index contributed by atoms with van der Waals surface area (Å²) < 4.78 is 10.2. The van der Waals surface area contributed by atoms with Gasteiger partial charge in [-0.15, -0.1) is 0 Å². The number of methoxy groups -OCH3 is 2. The first-order valence-corrected chi connectivity index (χ1v) is 6.77. The lowest BCUT2D eigenvalue weighted by Gasteiger charge is -2.17. The molecule has 0 spiro atoms. The second-order valence-corrected chi connectivity index (χ2v) is 4.68. The number of hydrogen-bond acceptors (Lipinski definition) is 4. The fourth-order valence-electron chi connectivity index (χ4n) is 1.86. The van der Waals surface area contributed by atoms with Gasteiger partial charge in [0.15, 0.2) is 0 Å². The molecule has 0 aliphatic rings. The SMILES string of the molecule is COCCCNCCN(C)Cc1ccc(OC)cc1. The van der Waals surface area contributed by atoms with E-state index in [-0.39, 0.29) is 0 Å². The van der Waals surface area contributed by atoms with Crippen LogP contribution < -0.4 is 10.1 Å². The summed E-state index contributed by atoms with van der Waals surface area (Å²) in [6.45, 7) is 4.86. The van der Waals surface area contributed by atoms with E-state index in [0.717, 1.165) is 45.0 Å². The minimum atomic E-state index is 0.828. The fraction of sp³-hybridized carbons (Fsp3) is 0.600. The monoisotopic (exact) mass is 266 g/mol. The van der Waals surface area contributed by atoms with Crippen molar-refractivity contribution in [3.8, 4) is 5.75 Å². The van der Waals surface area contributed by atoms with Gasteiger partial charge >= 0.3 is 0 Å². The number of rotatable bonds is 10. The number of nitrogens with one attached hydrogen (secondary N) is 1. The Bertz CT molecular complexity index is 327. The van der Waals surface area contributed by atoms with Crippen LogP contribution in [0.2, 0.25) is 0 Å². The molecule has 0 radical (unpaired) electrons. The molecule has 0 heterocycles. The summed E-state index contributed by atoms with van der Waals surface area (Å²) in [5, 5.41) is 3.41. The van der Waals surface area contributed by atoms with E-state index >= 15 is 0 Å². The van der Waals surface area contributed by atoms with Crippen LogP contribution in [0.1, 0.15) is 12.0 Å². The van der Waals surface area contributed by atoms with Crippen LogP contribution >= 0.6 is 0 Å². The van der Waals surface area contributed by atoms with Crippen molar-refractivity contribution in [2.45, 2.75) is 13.0 Å². The van der Waals surface area contributed by atoms with Crippen LogP contribution in [0, 0.1) is 0 Å². The molecule has 0 aliphatic carbocycles. The van der Waals surface area contributed by atoms with Gasteiger partial charge in [0.05, 0.1) is 7.11 Å². The average molecular weight is 266 g/mol. The van der Waals surface area contributed by atoms with Gasteiger partial charge in [0.2, 0.25) is 0 Å². The summed E-state index contributed by atoms with van der Waals surface area (Å²) in [5.41, 5.74) is 1.31. The maximum absolute atomic E-state index is 5.15. The minimum Gasteiger partial charge on any atom is -0.497 e. The molecule has 0 bridgehead atoms. The summed E-state index contributed by atoms with van der Waals surface area (Å²) >= 11 is 0. The Kier molecular flexibility index (Phi) is 8.21.